The number of hydrogen-bond donors (Lipinski definition) is 1. The van der Waals surface area contributed by atoms with Crippen molar-refractivity contribution in [1.29, 1.82) is 0 Å². The normalized spacial score (nSPS) is 12.3. The standard InChI is InChI=1S/C9H8BrClFNO2/c1-4(9(13)14)15-8-3-7(12)6(11)2-5(8)10/h2-4H,1H3,(H2,13,14). The van der Waals surface area contributed by atoms with Gasteiger partial charge in [-0.2, -0.15) is 0 Å². The lowest BCUT2D eigenvalue weighted by atomic mass is 10.3. The van der Waals surface area contributed by atoms with E-state index in [1.54, 1.807) is 0 Å². The molecular weight excluding hydrogens is 288 g/mol. The lowest BCUT2D eigenvalue weighted by Gasteiger charge is -2.12. The zero-order valence-electron chi connectivity index (χ0n) is 7.76. The van der Waals surface area contributed by atoms with Crippen LogP contribution in [0.15, 0.2) is 16.6 Å². The third kappa shape index (κ3) is 3.07. The average molecular weight is 297 g/mol. The lowest BCUT2D eigenvalue weighted by molar-refractivity contribution is -0.124. The molecule has 0 fully saturated rings. The largest absolute Gasteiger partial charge is 0.480 e. The fraction of sp³-hybridized carbons (Fsp3) is 0.222. The first-order valence-electron chi connectivity index (χ1n) is 4.02. The van der Waals surface area contributed by atoms with Crippen molar-refractivity contribution in [2.45, 2.75) is 13.0 Å². The fourth-order valence-corrected chi connectivity index (χ4v) is 1.58. The van der Waals surface area contributed by atoms with Crippen molar-refractivity contribution in [2.24, 2.45) is 5.73 Å². The fourth-order valence-electron chi connectivity index (χ4n) is 0.843. The summed E-state index contributed by atoms with van der Waals surface area (Å²) in [6.45, 7) is 1.47. The van der Waals surface area contributed by atoms with Crippen LogP contribution in [0.25, 0.3) is 0 Å². The van der Waals surface area contributed by atoms with Gasteiger partial charge >= 0.3 is 0 Å². The van der Waals surface area contributed by atoms with Crippen LogP contribution in [-0.4, -0.2) is 12.0 Å². The van der Waals surface area contributed by atoms with Crippen molar-refractivity contribution in [1.82, 2.24) is 0 Å². The molecule has 1 aromatic rings. The molecule has 82 valence electrons. The second-order valence-corrected chi connectivity index (χ2v) is 4.12. The summed E-state index contributed by atoms with van der Waals surface area (Å²) >= 11 is 8.66. The van der Waals surface area contributed by atoms with Gasteiger partial charge in [0.25, 0.3) is 5.91 Å². The van der Waals surface area contributed by atoms with Crippen LogP contribution in [-0.2, 0) is 4.79 Å². The topological polar surface area (TPSA) is 52.3 Å². The Labute approximate surface area is 99.5 Å². The molecule has 0 saturated heterocycles. The quantitative estimate of drug-likeness (QED) is 0.871. The molecule has 0 spiro atoms. The third-order valence-corrected chi connectivity index (χ3v) is 2.59. The van der Waals surface area contributed by atoms with E-state index in [1.807, 2.05) is 0 Å². The molecule has 0 aliphatic heterocycles. The van der Waals surface area contributed by atoms with Crippen molar-refractivity contribution in [3.63, 3.8) is 0 Å². The first-order valence-corrected chi connectivity index (χ1v) is 5.19. The second kappa shape index (κ2) is 4.81. The Morgan fingerprint density at radius 1 is 1.67 bits per heavy atom. The van der Waals surface area contributed by atoms with Crippen LogP contribution in [0.4, 0.5) is 4.39 Å². The Balaban J connectivity index is 2.95. The molecule has 1 amide bonds. The second-order valence-electron chi connectivity index (χ2n) is 2.86. The van der Waals surface area contributed by atoms with E-state index in [2.05, 4.69) is 15.9 Å². The van der Waals surface area contributed by atoms with Gasteiger partial charge in [-0.3, -0.25) is 4.79 Å². The van der Waals surface area contributed by atoms with Gasteiger partial charge in [-0.25, -0.2) is 4.39 Å². The minimum atomic E-state index is -0.832. The summed E-state index contributed by atoms with van der Waals surface area (Å²) in [6, 6.07) is 2.44. The van der Waals surface area contributed by atoms with Gasteiger partial charge in [0, 0.05) is 6.07 Å². The van der Waals surface area contributed by atoms with Crippen molar-refractivity contribution >= 4 is 33.4 Å². The van der Waals surface area contributed by atoms with E-state index in [0.717, 1.165) is 6.07 Å². The van der Waals surface area contributed by atoms with Gasteiger partial charge in [0.05, 0.1) is 9.50 Å². The number of primary amides is 1. The smallest absolute Gasteiger partial charge is 0.258 e. The number of carbonyl (C=O) groups excluding carboxylic acids is 1. The van der Waals surface area contributed by atoms with Crippen molar-refractivity contribution in [2.75, 3.05) is 0 Å². The minimum Gasteiger partial charge on any atom is -0.480 e. The predicted octanol–water partition coefficient (Wildman–Crippen LogP) is 2.49. The Bertz CT molecular complexity index is 400. The van der Waals surface area contributed by atoms with Gasteiger partial charge in [-0.05, 0) is 28.9 Å². The van der Waals surface area contributed by atoms with Crippen LogP contribution in [0, 0.1) is 5.82 Å². The van der Waals surface area contributed by atoms with Crippen LogP contribution in [0.3, 0.4) is 0 Å². The summed E-state index contributed by atoms with van der Waals surface area (Å²) in [4.78, 5) is 10.7. The lowest BCUT2D eigenvalue weighted by Crippen LogP contribution is -2.30. The molecule has 0 aromatic heterocycles. The maximum absolute atomic E-state index is 13.1. The number of halogens is 3. The number of ether oxygens (including phenoxy) is 1. The zero-order valence-corrected chi connectivity index (χ0v) is 10.1. The number of benzene rings is 1. The van der Waals surface area contributed by atoms with E-state index in [9.17, 15) is 9.18 Å². The average Bonchev–Trinajstić information content (AvgIpc) is 2.13. The molecule has 0 aliphatic carbocycles. The minimum absolute atomic E-state index is 0.0269. The van der Waals surface area contributed by atoms with E-state index >= 15 is 0 Å². The molecular formula is C9H8BrClFNO2. The molecule has 1 unspecified atom stereocenters. The van der Waals surface area contributed by atoms with Gasteiger partial charge in [0.15, 0.2) is 6.10 Å². The van der Waals surface area contributed by atoms with Gasteiger partial charge in [0.2, 0.25) is 0 Å². The van der Waals surface area contributed by atoms with Gasteiger partial charge in [-0.1, -0.05) is 11.6 Å². The van der Waals surface area contributed by atoms with Crippen LogP contribution < -0.4 is 10.5 Å². The maximum Gasteiger partial charge on any atom is 0.258 e. The van der Waals surface area contributed by atoms with Crippen LogP contribution in [0.1, 0.15) is 6.92 Å². The highest BCUT2D eigenvalue weighted by Crippen LogP contribution is 2.31. The molecule has 0 heterocycles. The number of rotatable bonds is 3. The van der Waals surface area contributed by atoms with E-state index in [-0.39, 0.29) is 10.8 Å². The molecule has 1 atom stereocenters. The van der Waals surface area contributed by atoms with E-state index < -0.39 is 17.8 Å². The highest BCUT2D eigenvalue weighted by atomic mass is 79.9. The maximum atomic E-state index is 13.1. The molecule has 0 saturated carbocycles. The van der Waals surface area contributed by atoms with Crippen molar-refractivity contribution < 1.29 is 13.9 Å². The summed E-state index contributed by atoms with van der Waals surface area (Å²) in [5, 5.41) is -0.0269. The highest BCUT2D eigenvalue weighted by Gasteiger charge is 2.14. The van der Waals surface area contributed by atoms with Crippen LogP contribution in [0.5, 0.6) is 5.75 Å². The Hall–Kier alpha value is -0.810. The zero-order chi connectivity index (χ0) is 11.6. The summed E-state index contributed by atoms with van der Waals surface area (Å²) in [7, 11) is 0. The van der Waals surface area contributed by atoms with E-state index in [1.165, 1.54) is 13.0 Å². The van der Waals surface area contributed by atoms with Crippen LogP contribution in [0.2, 0.25) is 5.02 Å². The number of amides is 1. The van der Waals surface area contributed by atoms with Crippen molar-refractivity contribution in [3.05, 3.63) is 27.4 Å². The van der Waals surface area contributed by atoms with Gasteiger partial charge < -0.3 is 10.5 Å². The molecule has 6 heteroatoms. The molecule has 1 rings (SSSR count). The van der Waals surface area contributed by atoms with E-state index in [0.29, 0.717) is 4.47 Å². The Morgan fingerprint density at radius 3 is 2.80 bits per heavy atom. The molecule has 15 heavy (non-hydrogen) atoms. The monoisotopic (exact) mass is 295 g/mol. The number of nitrogens with two attached hydrogens (primary N) is 1. The first kappa shape index (κ1) is 12.3. The summed E-state index contributed by atoms with van der Waals surface area (Å²) in [6.07, 6.45) is -0.832. The van der Waals surface area contributed by atoms with Crippen LogP contribution >= 0.6 is 27.5 Å². The van der Waals surface area contributed by atoms with Crippen molar-refractivity contribution in [3.8, 4) is 5.75 Å². The summed E-state index contributed by atoms with van der Waals surface area (Å²) < 4.78 is 18.6. The summed E-state index contributed by atoms with van der Waals surface area (Å²) in [5.74, 6) is -1.06. The molecule has 0 radical (unpaired) electrons. The summed E-state index contributed by atoms with van der Waals surface area (Å²) in [5.41, 5.74) is 5.00. The first-order chi connectivity index (χ1) is 6.91. The van der Waals surface area contributed by atoms with Gasteiger partial charge in [0.1, 0.15) is 11.6 Å². The third-order valence-electron chi connectivity index (χ3n) is 1.68. The highest BCUT2D eigenvalue weighted by molar-refractivity contribution is 9.10. The van der Waals surface area contributed by atoms with Gasteiger partial charge in [-0.15, -0.1) is 0 Å². The Morgan fingerprint density at radius 2 is 2.27 bits per heavy atom. The predicted molar refractivity (Wildman–Crippen MR) is 58.4 cm³/mol. The Kier molecular flexibility index (Phi) is 3.93. The van der Waals surface area contributed by atoms with E-state index in [4.69, 9.17) is 22.1 Å². The number of hydrogen-bond acceptors (Lipinski definition) is 2. The number of carbonyl (C=O) groups is 1. The molecule has 0 bridgehead atoms. The molecule has 2 N–H and O–H groups in total. The molecule has 3 nitrogen and oxygen atoms in total. The SMILES string of the molecule is CC(Oc1cc(F)c(Cl)cc1Br)C(N)=O. The molecule has 1 aromatic carbocycles. The molecule has 0 aliphatic rings.